The van der Waals surface area contributed by atoms with Gasteiger partial charge in [-0.3, -0.25) is 9.59 Å². The Morgan fingerprint density at radius 1 is 0.844 bits per heavy atom. The summed E-state index contributed by atoms with van der Waals surface area (Å²) in [5, 5.41) is 0. The normalized spacial score (nSPS) is 13.8. The SMILES string of the molecule is CCOC(=O)Oc1ccc(C(=O)N2CCCN(C(=O)CCOc3ccccc3)CC2)cc1. The zero-order valence-corrected chi connectivity index (χ0v) is 18.2. The zero-order valence-electron chi connectivity index (χ0n) is 18.2. The van der Waals surface area contributed by atoms with E-state index in [-0.39, 0.29) is 18.4 Å². The fourth-order valence-electron chi connectivity index (χ4n) is 3.39. The van der Waals surface area contributed by atoms with Crippen molar-refractivity contribution in [2.24, 2.45) is 0 Å². The van der Waals surface area contributed by atoms with Gasteiger partial charge in [-0.15, -0.1) is 0 Å². The van der Waals surface area contributed by atoms with Crippen LogP contribution in [0.25, 0.3) is 0 Å². The van der Waals surface area contributed by atoms with Crippen molar-refractivity contribution in [3.8, 4) is 11.5 Å². The Hall–Kier alpha value is -3.55. The van der Waals surface area contributed by atoms with Gasteiger partial charge >= 0.3 is 6.16 Å². The fraction of sp³-hybridized carbons (Fsp3) is 0.375. The van der Waals surface area contributed by atoms with E-state index in [4.69, 9.17) is 14.2 Å². The predicted octanol–water partition coefficient (Wildman–Crippen LogP) is 3.37. The summed E-state index contributed by atoms with van der Waals surface area (Å²) < 4.78 is 15.4. The van der Waals surface area contributed by atoms with Crippen LogP contribution < -0.4 is 9.47 Å². The van der Waals surface area contributed by atoms with E-state index in [2.05, 4.69) is 0 Å². The first-order valence-corrected chi connectivity index (χ1v) is 10.8. The number of benzene rings is 2. The minimum Gasteiger partial charge on any atom is -0.493 e. The van der Waals surface area contributed by atoms with Crippen molar-refractivity contribution in [3.63, 3.8) is 0 Å². The highest BCUT2D eigenvalue weighted by Gasteiger charge is 2.23. The molecule has 0 N–H and O–H groups in total. The molecule has 1 fully saturated rings. The lowest BCUT2D eigenvalue weighted by Crippen LogP contribution is -2.37. The van der Waals surface area contributed by atoms with E-state index in [9.17, 15) is 14.4 Å². The molecular formula is C24H28N2O6. The molecule has 0 bridgehead atoms. The average molecular weight is 440 g/mol. The highest BCUT2D eigenvalue weighted by Crippen LogP contribution is 2.16. The largest absolute Gasteiger partial charge is 0.513 e. The Morgan fingerprint density at radius 3 is 2.25 bits per heavy atom. The molecule has 32 heavy (non-hydrogen) atoms. The van der Waals surface area contributed by atoms with Crippen LogP contribution in [-0.2, 0) is 9.53 Å². The van der Waals surface area contributed by atoms with Crippen LogP contribution in [0.4, 0.5) is 4.79 Å². The van der Waals surface area contributed by atoms with Crippen molar-refractivity contribution in [2.75, 3.05) is 39.4 Å². The second-order valence-electron chi connectivity index (χ2n) is 7.25. The number of carbonyl (C=O) groups is 3. The molecule has 2 aromatic rings. The summed E-state index contributed by atoms with van der Waals surface area (Å²) in [4.78, 5) is 40.3. The molecule has 170 valence electrons. The number of ether oxygens (including phenoxy) is 3. The molecule has 1 aliphatic heterocycles. The minimum absolute atomic E-state index is 0.0238. The first kappa shape index (κ1) is 23.1. The molecular weight excluding hydrogens is 412 g/mol. The number of hydrogen-bond acceptors (Lipinski definition) is 6. The Kier molecular flexibility index (Phi) is 8.48. The quantitative estimate of drug-likeness (QED) is 0.485. The van der Waals surface area contributed by atoms with Gasteiger partial charge in [0, 0.05) is 31.7 Å². The number of nitrogens with zero attached hydrogens (tertiary/aromatic N) is 2. The van der Waals surface area contributed by atoms with E-state index in [1.54, 1.807) is 41.0 Å². The van der Waals surface area contributed by atoms with Crippen LogP contribution in [0.5, 0.6) is 11.5 Å². The van der Waals surface area contributed by atoms with Crippen LogP contribution in [0, 0.1) is 0 Å². The number of amides is 2. The summed E-state index contributed by atoms with van der Waals surface area (Å²) in [6, 6.07) is 15.8. The third-order valence-electron chi connectivity index (χ3n) is 5.03. The number of rotatable bonds is 7. The van der Waals surface area contributed by atoms with Crippen molar-refractivity contribution in [2.45, 2.75) is 19.8 Å². The Morgan fingerprint density at radius 2 is 1.53 bits per heavy atom. The molecule has 0 atom stereocenters. The van der Waals surface area contributed by atoms with Gasteiger partial charge in [-0.1, -0.05) is 18.2 Å². The van der Waals surface area contributed by atoms with Gasteiger partial charge in [0.15, 0.2) is 0 Å². The van der Waals surface area contributed by atoms with E-state index in [0.717, 1.165) is 5.75 Å². The smallest absolute Gasteiger partial charge is 0.493 e. The molecule has 8 heteroatoms. The standard InChI is InChI=1S/C24H28N2O6/c1-2-30-24(29)32-21-11-9-19(10-12-21)23(28)26-15-6-14-25(16-17-26)22(27)13-18-31-20-7-4-3-5-8-20/h3-5,7-12H,2,6,13-18H2,1H3. The number of para-hydroxylation sites is 1. The lowest BCUT2D eigenvalue weighted by atomic mass is 10.2. The molecule has 3 rings (SSSR count). The predicted molar refractivity (Wildman–Crippen MR) is 118 cm³/mol. The molecule has 0 aliphatic carbocycles. The highest BCUT2D eigenvalue weighted by atomic mass is 16.7. The van der Waals surface area contributed by atoms with Crippen LogP contribution in [0.15, 0.2) is 54.6 Å². The van der Waals surface area contributed by atoms with Crippen LogP contribution >= 0.6 is 0 Å². The summed E-state index contributed by atoms with van der Waals surface area (Å²) in [6.45, 7) is 4.37. The van der Waals surface area contributed by atoms with Gasteiger partial charge in [0.05, 0.1) is 19.6 Å². The fourth-order valence-corrected chi connectivity index (χ4v) is 3.39. The van der Waals surface area contributed by atoms with E-state index in [1.807, 2.05) is 30.3 Å². The van der Waals surface area contributed by atoms with Crippen LogP contribution in [0.3, 0.4) is 0 Å². The van der Waals surface area contributed by atoms with Crippen molar-refractivity contribution in [1.29, 1.82) is 0 Å². The van der Waals surface area contributed by atoms with Gasteiger partial charge in [-0.2, -0.15) is 0 Å². The molecule has 0 saturated carbocycles. The Bertz CT molecular complexity index is 900. The van der Waals surface area contributed by atoms with E-state index >= 15 is 0 Å². The molecule has 1 aliphatic rings. The lowest BCUT2D eigenvalue weighted by molar-refractivity contribution is -0.131. The summed E-state index contributed by atoms with van der Waals surface area (Å²) in [5.41, 5.74) is 0.497. The first-order valence-electron chi connectivity index (χ1n) is 10.8. The van der Waals surface area contributed by atoms with Crippen molar-refractivity contribution >= 4 is 18.0 Å². The van der Waals surface area contributed by atoms with Crippen molar-refractivity contribution in [3.05, 3.63) is 60.2 Å². The van der Waals surface area contributed by atoms with Gasteiger partial charge < -0.3 is 24.0 Å². The summed E-state index contributed by atoms with van der Waals surface area (Å²) in [5.74, 6) is 0.960. The lowest BCUT2D eigenvalue weighted by Gasteiger charge is -2.22. The Balaban J connectivity index is 1.47. The summed E-state index contributed by atoms with van der Waals surface area (Å²) in [7, 11) is 0. The van der Waals surface area contributed by atoms with Gasteiger partial charge in [0.1, 0.15) is 11.5 Å². The van der Waals surface area contributed by atoms with Gasteiger partial charge in [-0.25, -0.2) is 4.79 Å². The topological polar surface area (TPSA) is 85.4 Å². The van der Waals surface area contributed by atoms with Crippen molar-refractivity contribution in [1.82, 2.24) is 9.80 Å². The summed E-state index contributed by atoms with van der Waals surface area (Å²) in [6.07, 6.45) is 0.226. The molecule has 2 amide bonds. The third kappa shape index (κ3) is 6.73. The third-order valence-corrected chi connectivity index (χ3v) is 5.03. The monoisotopic (exact) mass is 440 g/mol. The van der Waals surface area contributed by atoms with Crippen molar-refractivity contribution < 1.29 is 28.6 Å². The number of carbonyl (C=O) groups excluding carboxylic acids is 3. The molecule has 1 saturated heterocycles. The molecule has 0 unspecified atom stereocenters. The average Bonchev–Trinajstić information content (AvgIpc) is 3.06. The van der Waals surface area contributed by atoms with Gasteiger partial charge in [0.25, 0.3) is 5.91 Å². The molecule has 0 aromatic heterocycles. The molecule has 1 heterocycles. The first-order chi connectivity index (χ1) is 15.6. The maximum Gasteiger partial charge on any atom is 0.513 e. The second-order valence-corrected chi connectivity index (χ2v) is 7.25. The van der Waals surface area contributed by atoms with E-state index in [1.165, 1.54) is 0 Å². The maximum atomic E-state index is 12.9. The summed E-state index contributed by atoms with van der Waals surface area (Å²) >= 11 is 0. The Labute approximate surface area is 187 Å². The maximum absolute atomic E-state index is 12.9. The van der Waals surface area contributed by atoms with Gasteiger partial charge in [0.2, 0.25) is 5.91 Å². The van der Waals surface area contributed by atoms with E-state index < -0.39 is 6.16 Å². The number of hydrogen-bond donors (Lipinski definition) is 0. The molecule has 0 radical (unpaired) electrons. The minimum atomic E-state index is -0.780. The molecule has 0 spiro atoms. The molecule has 8 nitrogen and oxygen atoms in total. The van der Waals surface area contributed by atoms with Gasteiger partial charge in [-0.05, 0) is 49.7 Å². The molecule has 2 aromatic carbocycles. The second kappa shape index (κ2) is 11.7. The van der Waals surface area contributed by atoms with Crippen LogP contribution in [0.1, 0.15) is 30.1 Å². The van der Waals surface area contributed by atoms with Crippen LogP contribution in [-0.4, -0.2) is 67.2 Å². The van der Waals surface area contributed by atoms with E-state index in [0.29, 0.717) is 56.9 Å². The van der Waals surface area contributed by atoms with Crippen LogP contribution in [0.2, 0.25) is 0 Å². The highest BCUT2D eigenvalue weighted by molar-refractivity contribution is 5.94. The zero-order chi connectivity index (χ0) is 22.8.